The third-order valence-electron chi connectivity index (χ3n) is 3.66. The van der Waals surface area contributed by atoms with E-state index in [2.05, 4.69) is 6.92 Å². The molecule has 0 aromatic heterocycles. The van der Waals surface area contributed by atoms with Crippen LogP contribution in [0.1, 0.15) is 84.5 Å². The second-order valence-electron chi connectivity index (χ2n) is 5.80. The van der Waals surface area contributed by atoms with E-state index < -0.39 is 18.2 Å². The maximum absolute atomic E-state index is 11.4. The monoisotopic (exact) mass is 302 g/mol. The van der Waals surface area contributed by atoms with Crippen LogP contribution in [0.25, 0.3) is 0 Å². The highest BCUT2D eigenvalue weighted by molar-refractivity contribution is 5.75. The summed E-state index contributed by atoms with van der Waals surface area (Å²) < 4.78 is 4.82. The summed E-state index contributed by atoms with van der Waals surface area (Å²) in [5.41, 5.74) is 0. The van der Waals surface area contributed by atoms with Crippen LogP contribution in [-0.4, -0.2) is 35.0 Å². The lowest BCUT2D eigenvalue weighted by molar-refractivity contribution is -0.159. The van der Waals surface area contributed by atoms with Crippen molar-refractivity contribution < 1.29 is 19.7 Å². The molecule has 0 spiro atoms. The standard InChI is InChI=1S/C17H34O4/c1-3-5-6-7-8-9-10-11-12-13-15(18)16(19)17(20)21-14-4-2/h15-16,18-19H,3-14H2,1-2H3. The number of hydrogen-bond donors (Lipinski definition) is 2. The molecule has 0 heterocycles. The van der Waals surface area contributed by atoms with Gasteiger partial charge in [0, 0.05) is 0 Å². The first kappa shape index (κ1) is 20.4. The van der Waals surface area contributed by atoms with Gasteiger partial charge >= 0.3 is 5.97 Å². The Hall–Kier alpha value is -0.610. The maximum atomic E-state index is 11.4. The van der Waals surface area contributed by atoms with Crippen LogP contribution in [0.4, 0.5) is 0 Å². The molecule has 0 saturated heterocycles. The molecule has 21 heavy (non-hydrogen) atoms. The van der Waals surface area contributed by atoms with Crippen molar-refractivity contribution in [3.05, 3.63) is 0 Å². The number of unbranched alkanes of at least 4 members (excludes halogenated alkanes) is 8. The van der Waals surface area contributed by atoms with E-state index in [9.17, 15) is 15.0 Å². The van der Waals surface area contributed by atoms with Gasteiger partial charge in [-0.15, -0.1) is 0 Å². The first-order chi connectivity index (χ1) is 10.1. The molecule has 4 heteroatoms. The van der Waals surface area contributed by atoms with E-state index in [-0.39, 0.29) is 0 Å². The molecular weight excluding hydrogens is 268 g/mol. The van der Waals surface area contributed by atoms with Gasteiger partial charge in [-0.25, -0.2) is 4.79 Å². The van der Waals surface area contributed by atoms with E-state index in [0.717, 1.165) is 19.3 Å². The Morgan fingerprint density at radius 2 is 1.38 bits per heavy atom. The van der Waals surface area contributed by atoms with Crippen LogP contribution in [0.3, 0.4) is 0 Å². The number of esters is 1. The first-order valence-electron chi connectivity index (χ1n) is 8.66. The molecule has 126 valence electrons. The number of aliphatic hydroxyl groups excluding tert-OH is 2. The molecule has 0 aliphatic rings. The molecule has 2 unspecified atom stereocenters. The Morgan fingerprint density at radius 3 is 1.90 bits per heavy atom. The summed E-state index contributed by atoms with van der Waals surface area (Å²) in [6, 6.07) is 0. The highest BCUT2D eigenvalue weighted by Crippen LogP contribution is 2.12. The Labute approximate surface area is 129 Å². The Bertz CT molecular complexity index is 243. The van der Waals surface area contributed by atoms with Gasteiger partial charge in [0.1, 0.15) is 0 Å². The molecule has 2 atom stereocenters. The van der Waals surface area contributed by atoms with Crippen LogP contribution in [0.2, 0.25) is 0 Å². The van der Waals surface area contributed by atoms with Crippen LogP contribution in [0.5, 0.6) is 0 Å². The predicted octanol–water partition coefficient (Wildman–Crippen LogP) is 3.58. The number of aliphatic hydroxyl groups is 2. The van der Waals surface area contributed by atoms with Crippen LogP contribution in [0.15, 0.2) is 0 Å². The molecule has 0 radical (unpaired) electrons. The number of rotatable bonds is 14. The summed E-state index contributed by atoms with van der Waals surface area (Å²) >= 11 is 0. The molecule has 0 saturated carbocycles. The van der Waals surface area contributed by atoms with Gasteiger partial charge in [-0.2, -0.15) is 0 Å². The quantitative estimate of drug-likeness (QED) is 0.380. The summed E-state index contributed by atoms with van der Waals surface area (Å²) in [4.78, 5) is 11.4. The second kappa shape index (κ2) is 14.3. The van der Waals surface area contributed by atoms with Crippen molar-refractivity contribution in [2.75, 3.05) is 6.61 Å². The molecule has 0 bridgehead atoms. The molecule has 0 aliphatic heterocycles. The Balaban J connectivity index is 3.47. The van der Waals surface area contributed by atoms with E-state index in [0.29, 0.717) is 19.4 Å². The SMILES string of the molecule is CCCCCCCCCCCC(O)C(O)C(=O)OCCC. The van der Waals surface area contributed by atoms with Gasteiger partial charge in [-0.05, 0) is 12.8 Å². The largest absolute Gasteiger partial charge is 0.464 e. The molecule has 0 aliphatic carbocycles. The average Bonchev–Trinajstić information content (AvgIpc) is 2.49. The first-order valence-corrected chi connectivity index (χ1v) is 8.66. The molecule has 0 fully saturated rings. The van der Waals surface area contributed by atoms with Gasteiger partial charge in [0.05, 0.1) is 12.7 Å². The predicted molar refractivity (Wildman–Crippen MR) is 85.1 cm³/mol. The van der Waals surface area contributed by atoms with E-state index in [1.165, 1.54) is 38.5 Å². The summed E-state index contributed by atoms with van der Waals surface area (Å²) in [7, 11) is 0. The van der Waals surface area contributed by atoms with Gasteiger partial charge in [0.15, 0.2) is 6.10 Å². The van der Waals surface area contributed by atoms with E-state index in [1.54, 1.807) is 0 Å². The summed E-state index contributed by atoms with van der Waals surface area (Å²) in [6.45, 7) is 4.40. The van der Waals surface area contributed by atoms with Crippen LogP contribution in [0, 0.1) is 0 Å². The fourth-order valence-corrected chi connectivity index (χ4v) is 2.27. The molecule has 0 aromatic rings. The van der Waals surface area contributed by atoms with E-state index in [4.69, 9.17) is 4.74 Å². The fourth-order valence-electron chi connectivity index (χ4n) is 2.27. The van der Waals surface area contributed by atoms with Crippen molar-refractivity contribution in [3.63, 3.8) is 0 Å². The maximum Gasteiger partial charge on any atom is 0.337 e. The van der Waals surface area contributed by atoms with Crippen molar-refractivity contribution in [1.29, 1.82) is 0 Å². The average molecular weight is 302 g/mol. The lowest BCUT2D eigenvalue weighted by Crippen LogP contribution is -2.35. The third-order valence-corrected chi connectivity index (χ3v) is 3.66. The zero-order valence-electron chi connectivity index (χ0n) is 13.9. The summed E-state index contributed by atoms with van der Waals surface area (Å²) in [6.07, 6.45) is 9.61. The lowest BCUT2D eigenvalue weighted by atomic mass is 10.0. The van der Waals surface area contributed by atoms with Gasteiger partial charge in [-0.3, -0.25) is 0 Å². The van der Waals surface area contributed by atoms with Crippen molar-refractivity contribution in [2.24, 2.45) is 0 Å². The molecule has 2 N–H and O–H groups in total. The highest BCUT2D eigenvalue weighted by atomic mass is 16.5. The van der Waals surface area contributed by atoms with Crippen LogP contribution in [-0.2, 0) is 9.53 Å². The van der Waals surface area contributed by atoms with Crippen molar-refractivity contribution in [1.82, 2.24) is 0 Å². The Kier molecular flexibility index (Phi) is 13.9. The zero-order chi connectivity index (χ0) is 15.9. The van der Waals surface area contributed by atoms with Crippen molar-refractivity contribution in [3.8, 4) is 0 Å². The van der Waals surface area contributed by atoms with Gasteiger partial charge in [0.25, 0.3) is 0 Å². The van der Waals surface area contributed by atoms with Gasteiger partial charge < -0.3 is 14.9 Å². The minimum Gasteiger partial charge on any atom is -0.464 e. The molecule has 0 rings (SSSR count). The van der Waals surface area contributed by atoms with E-state index >= 15 is 0 Å². The topological polar surface area (TPSA) is 66.8 Å². The van der Waals surface area contributed by atoms with E-state index in [1.807, 2.05) is 6.92 Å². The van der Waals surface area contributed by atoms with Crippen LogP contribution >= 0.6 is 0 Å². The number of hydrogen-bond acceptors (Lipinski definition) is 4. The Morgan fingerprint density at radius 1 is 0.857 bits per heavy atom. The van der Waals surface area contributed by atoms with Gasteiger partial charge in [0.2, 0.25) is 0 Å². The molecular formula is C17H34O4. The molecule has 0 amide bonds. The zero-order valence-corrected chi connectivity index (χ0v) is 13.9. The van der Waals surface area contributed by atoms with Gasteiger partial charge in [-0.1, -0.05) is 71.6 Å². The lowest BCUT2D eigenvalue weighted by Gasteiger charge is -2.16. The normalized spacial score (nSPS) is 13.9. The fraction of sp³-hybridized carbons (Fsp3) is 0.941. The second-order valence-corrected chi connectivity index (χ2v) is 5.80. The number of ether oxygens (including phenoxy) is 1. The molecule has 4 nitrogen and oxygen atoms in total. The summed E-state index contributed by atoms with van der Waals surface area (Å²) in [5.74, 6) is -0.708. The third kappa shape index (κ3) is 11.7. The minimum atomic E-state index is -1.40. The highest BCUT2D eigenvalue weighted by Gasteiger charge is 2.24. The number of carbonyl (C=O) groups is 1. The number of carbonyl (C=O) groups excluding carboxylic acids is 1. The van der Waals surface area contributed by atoms with Crippen LogP contribution < -0.4 is 0 Å². The minimum absolute atomic E-state index is 0.292. The van der Waals surface area contributed by atoms with Crippen molar-refractivity contribution >= 4 is 5.97 Å². The summed E-state index contributed by atoms with van der Waals surface area (Å²) in [5, 5.41) is 19.3. The smallest absolute Gasteiger partial charge is 0.337 e. The molecule has 0 aromatic carbocycles. The van der Waals surface area contributed by atoms with Crippen molar-refractivity contribution in [2.45, 2.75) is 96.7 Å².